The van der Waals surface area contributed by atoms with Gasteiger partial charge in [0.05, 0.1) is 16.1 Å². The van der Waals surface area contributed by atoms with Crippen molar-refractivity contribution in [2.75, 3.05) is 4.72 Å². The van der Waals surface area contributed by atoms with Crippen LogP contribution in [-0.4, -0.2) is 8.42 Å². The third-order valence-corrected chi connectivity index (χ3v) is 5.02. The molecule has 0 aliphatic rings. The maximum atomic E-state index is 13.2. The highest BCUT2D eigenvalue weighted by Gasteiger charge is 2.37. The summed E-state index contributed by atoms with van der Waals surface area (Å²) >= 11 is 5.58. The maximum Gasteiger partial charge on any atom is 0.417 e. The molecular formula is C16H15ClF3NO2S. The van der Waals surface area contributed by atoms with Crippen LogP contribution in [0.1, 0.15) is 30.9 Å². The van der Waals surface area contributed by atoms with E-state index >= 15 is 0 Å². The Morgan fingerprint density at radius 1 is 1.08 bits per heavy atom. The predicted octanol–water partition coefficient (Wildman–Crippen LogP) is 5.28. The second kappa shape index (κ2) is 6.64. The number of sulfonamides is 1. The molecular weight excluding hydrogens is 363 g/mol. The van der Waals surface area contributed by atoms with Crippen LogP contribution in [0.15, 0.2) is 47.4 Å². The van der Waals surface area contributed by atoms with Gasteiger partial charge in [-0.15, -0.1) is 0 Å². The van der Waals surface area contributed by atoms with Gasteiger partial charge in [0.15, 0.2) is 0 Å². The van der Waals surface area contributed by atoms with Crippen LogP contribution < -0.4 is 4.72 Å². The van der Waals surface area contributed by atoms with E-state index < -0.39 is 26.7 Å². The molecule has 0 atom stereocenters. The average Bonchev–Trinajstić information content (AvgIpc) is 2.45. The van der Waals surface area contributed by atoms with Gasteiger partial charge in [-0.1, -0.05) is 43.6 Å². The van der Waals surface area contributed by atoms with Gasteiger partial charge in [0.1, 0.15) is 0 Å². The van der Waals surface area contributed by atoms with Crippen molar-refractivity contribution < 1.29 is 21.6 Å². The Kier molecular flexibility index (Phi) is 5.15. The largest absolute Gasteiger partial charge is 0.417 e. The van der Waals surface area contributed by atoms with Crippen LogP contribution in [0.25, 0.3) is 0 Å². The van der Waals surface area contributed by atoms with E-state index in [0.717, 1.165) is 12.1 Å². The monoisotopic (exact) mass is 377 g/mol. The number of alkyl halides is 3. The van der Waals surface area contributed by atoms with Crippen molar-refractivity contribution >= 4 is 27.3 Å². The van der Waals surface area contributed by atoms with Crippen LogP contribution in [-0.2, 0) is 16.2 Å². The van der Waals surface area contributed by atoms with Crippen molar-refractivity contribution in [1.82, 2.24) is 0 Å². The van der Waals surface area contributed by atoms with Crippen molar-refractivity contribution in [3.05, 3.63) is 58.6 Å². The normalized spacial score (nSPS) is 12.5. The van der Waals surface area contributed by atoms with E-state index in [4.69, 9.17) is 11.6 Å². The summed E-state index contributed by atoms with van der Waals surface area (Å²) in [5, 5.41) is -0.191. The van der Waals surface area contributed by atoms with E-state index in [-0.39, 0.29) is 16.6 Å². The van der Waals surface area contributed by atoms with Crippen molar-refractivity contribution in [3.63, 3.8) is 0 Å². The summed E-state index contributed by atoms with van der Waals surface area (Å²) in [4.78, 5) is -0.863. The molecule has 2 rings (SSSR count). The minimum absolute atomic E-state index is 0.00351. The first-order chi connectivity index (χ1) is 11.0. The quantitative estimate of drug-likeness (QED) is 0.787. The molecule has 3 nitrogen and oxygen atoms in total. The highest BCUT2D eigenvalue weighted by molar-refractivity contribution is 7.92. The van der Waals surface area contributed by atoms with Crippen LogP contribution in [0.2, 0.25) is 5.02 Å². The van der Waals surface area contributed by atoms with E-state index in [1.807, 2.05) is 13.8 Å². The summed E-state index contributed by atoms with van der Waals surface area (Å²) in [7, 11) is -4.43. The number of rotatable bonds is 4. The van der Waals surface area contributed by atoms with Gasteiger partial charge in [0, 0.05) is 5.02 Å². The minimum Gasteiger partial charge on any atom is -0.279 e. The molecule has 0 saturated carbocycles. The molecule has 1 N–H and O–H groups in total. The summed E-state index contributed by atoms with van der Waals surface area (Å²) in [6.07, 6.45) is -4.84. The SMILES string of the molecule is CC(C)c1ccccc1NS(=O)(=O)c1ccc(Cl)cc1C(F)(F)F. The molecule has 0 saturated heterocycles. The molecule has 2 aromatic rings. The predicted molar refractivity (Wildman–Crippen MR) is 87.8 cm³/mol. The molecule has 0 spiro atoms. The lowest BCUT2D eigenvalue weighted by Gasteiger charge is -2.17. The molecule has 0 aliphatic carbocycles. The first-order valence-electron chi connectivity index (χ1n) is 7.01. The Hall–Kier alpha value is -1.73. The fraction of sp³-hybridized carbons (Fsp3) is 0.250. The molecule has 0 unspecified atom stereocenters. The zero-order valence-corrected chi connectivity index (χ0v) is 14.4. The summed E-state index contributed by atoms with van der Waals surface area (Å²) in [6.45, 7) is 3.72. The second-order valence-electron chi connectivity index (χ2n) is 5.49. The zero-order chi connectivity index (χ0) is 18.1. The molecule has 2 aromatic carbocycles. The van der Waals surface area contributed by atoms with Crippen LogP contribution in [0.5, 0.6) is 0 Å². The molecule has 130 valence electrons. The minimum atomic E-state index is -4.84. The Morgan fingerprint density at radius 2 is 1.71 bits per heavy atom. The van der Waals surface area contributed by atoms with Crippen molar-refractivity contribution in [2.24, 2.45) is 0 Å². The van der Waals surface area contributed by atoms with E-state index in [2.05, 4.69) is 4.72 Å². The summed E-state index contributed by atoms with van der Waals surface area (Å²) in [5.74, 6) is -0.00351. The number of halogens is 4. The number of benzene rings is 2. The summed E-state index contributed by atoms with van der Waals surface area (Å²) in [5.41, 5.74) is -0.372. The number of nitrogens with one attached hydrogen (secondary N) is 1. The first kappa shape index (κ1) is 18.6. The average molecular weight is 378 g/mol. The van der Waals surface area contributed by atoms with Crippen molar-refractivity contribution in [3.8, 4) is 0 Å². The topological polar surface area (TPSA) is 46.2 Å². The third-order valence-electron chi connectivity index (χ3n) is 3.36. The van der Waals surface area contributed by atoms with Crippen molar-refractivity contribution in [1.29, 1.82) is 0 Å². The summed E-state index contributed by atoms with van der Waals surface area (Å²) in [6, 6.07) is 9.13. The van der Waals surface area contributed by atoms with Gasteiger partial charge in [0.25, 0.3) is 10.0 Å². The molecule has 8 heteroatoms. The summed E-state index contributed by atoms with van der Waals surface area (Å²) < 4.78 is 66.7. The van der Waals surface area contributed by atoms with Gasteiger partial charge in [-0.05, 0) is 35.7 Å². The fourth-order valence-electron chi connectivity index (χ4n) is 2.25. The Balaban J connectivity index is 2.54. The molecule has 0 aromatic heterocycles. The molecule has 0 heterocycles. The highest BCUT2D eigenvalue weighted by atomic mass is 35.5. The molecule has 0 bridgehead atoms. The van der Waals surface area contributed by atoms with Crippen LogP contribution in [0, 0.1) is 0 Å². The molecule has 24 heavy (non-hydrogen) atoms. The van der Waals surface area contributed by atoms with Crippen LogP contribution >= 0.6 is 11.6 Å². The smallest absolute Gasteiger partial charge is 0.279 e. The first-order valence-corrected chi connectivity index (χ1v) is 8.87. The lowest BCUT2D eigenvalue weighted by atomic mass is 10.0. The van der Waals surface area contributed by atoms with E-state index in [0.29, 0.717) is 11.6 Å². The Morgan fingerprint density at radius 3 is 2.29 bits per heavy atom. The molecule has 0 fully saturated rings. The maximum absolute atomic E-state index is 13.2. The van der Waals surface area contributed by atoms with Gasteiger partial charge >= 0.3 is 6.18 Å². The standard InChI is InChI=1S/C16H15ClF3NO2S/c1-10(2)12-5-3-4-6-14(12)21-24(22,23)15-8-7-11(17)9-13(15)16(18,19)20/h3-10,21H,1-2H3. The van der Waals surface area contributed by atoms with Gasteiger partial charge < -0.3 is 0 Å². The lowest BCUT2D eigenvalue weighted by Crippen LogP contribution is -2.19. The Bertz CT molecular complexity index is 849. The van der Waals surface area contributed by atoms with E-state index in [1.165, 1.54) is 6.07 Å². The number of para-hydroxylation sites is 1. The van der Waals surface area contributed by atoms with Gasteiger partial charge in [-0.2, -0.15) is 13.2 Å². The van der Waals surface area contributed by atoms with Crippen LogP contribution in [0.3, 0.4) is 0 Å². The number of hydrogen-bond donors (Lipinski definition) is 1. The second-order valence-corrected chi connectivity index (χ2v) is 7.57. The van der Waals surface area contributed by atoms with E-state index in [1.54, 1.807) is 18.2 Å². The lowest BCUT2D eigenvalue weighted by molar-refractivity contribution is -0.139. The van der Waals surface area contributed by atoms with E-state index in [9.17, 15) is 21.6 Å². The molecule has 0 aliphatic heterocycles. The van der Waals surface area contributed by atoms with Gasteiger partial charge in [0.2, 0.25) is 0 Å². The Labute approximate surface area is 143 Å². The number of anilines is 1. The number of hydrogen-bond acceptors (Lipinski definition) is 2. The highest BCUT2D eigenvalue weighted by Crippen LogP contribution is 2.37. The van der Waals surface area contributed by atoms with Crippen molar-refractivity contribution in [2.45, 2.75) is 30.8 Å². The molecule has 0 radical (unpaired) electrons. The van der Waals surface area contributed by atoms with Gasteiger partial charge in [-0.25, -0.2) is 8.42 Å². The fourth-order valence-corrected chi connectivity index (χ4v) is 3.72. The van der Waals surface area contributed by atoms with Gasteiger partial charge in [-0.3, -0.25) is 4.72 Å². The van der Waals surface area contributed by atoms with Crippen LogP contribution in [0.4, 0.5) is 18.9 Å². The molecule has 0 amide bonds. The third kappa shape index (κ3) is 4.02. The zero-order valence-electron chi connectivity index (χ0n) is 12.9.